The highest BCUT2D eigenvalue weighted by atomic mass is 16.6. The molecular weight excluding hydrogens is 288 g/mol. The summed E-state index contributed by atoms with van der Waals surface area (Å²) in [5.41, 5.74) is 0.0732. The van der Waals surface area contributed by atoms with E-state index in [1.165, 1.54) is 51.0 Å². The summed E-state index contributed by atoms with van der Waals surface area (Å²) in [7, 11) is 0. The van der Waals surface area contributed by atoms with Crippen molar-refractivity contribution in [2.24, 2.45) is 46.8 Å². The van der Waals surface area contributed by atoms with E-state index in [1.54, 1.807) is 0 Å². The van der Waals surface area contributed by atoms with Crippen LogP contribution in [0.4, 0.5) is 0 Å². The topological polar surface area (TPSA) is 46.5 Å². The minimum atomic E-state index is -0.358. The summed E-state index contributed by atoms with van der Waals surface area (Å²) < 4.78 is 5.77. The monoisotopic (exact) mass is 316 g/mol. The van der Waals surface area contributed by atoms with Crippen molar-refractivity contribution in [3.05, 3.63) is 12.7 Å². The van der Waals surface area contributed by atoms with Gasteiger partial charge < -0.3 is 9.84 Å². The standard InChI is InChI=1S/C20H28O3/c1-2-17(22)23-16(10-21)20-9-14(13-4-3-5-15(13)20)18-11-6-7-12(8-11)19(18)20/h2,11-16,18-19,21H,1,3-10H2. The van der Waals surface area contributed by atoms with Gasteiger partial charge in [0.05, 0.1) is 6.61 Å². The van der Waals surface area contributed by atoms with Gasteiger partial charge >= 0.3 is 5.97 Å². The van der Waals surface area contributed by atoms with Crippen molar-refractivity contribution in [2.45, 2.75) is 51.0 Å². The van der Waals surface area contributed by atoms with Crippen molar-refractivity contribution < 1.29 is 14.6 Å². The van der Waals surface area contributed by atoms with Gasteiger partial charge in [0.1, 0.15) is 6.10 Å². The minimum Gasteiger partial charge on any atom is -0.456 e. The van der Waals surface area contributed by atoms with Crippen LogP contribution in [0.1, 0.15) is 44.9 Å². The Morgan fingerprint density at radius 3 is 2.87 bits per heavy atom. The molecule has 1 N–H and O–H groups in total. The lowest BCUT2D eigenvalue weighted by atomic mass is 9.56. The van der Waals surface area contributed by atoms with E-state index in [0.717, 1.165) is 29.6 Å². The molecule has 9 unspecified atom stereocenters. The first-order valence-electron chi connectivity index (χ1n) is 9.64. The average molecular weight is 316 g/mol. The van der Waals surface area contributed by atoms with Gasteiger partial charge in [0.2, 0.25) is 0 Å². The fourth-order valence-corrected chi connectivity index (χ4v) is 8.52. The van der Waals surface area contributed by atoms with E-state index < -0.39 is 0 Å². The third-order valence-electron chi connectivity index (χ3n) is 8.68. The first-order chi connectivity index (χ1) is 11.2. The molecule has 0 saturated heterocycles. The Morgan fingerprint density at radius 1 is 1.26 bits per heavy atom. The normalized spacial score (nSPS) is 53.2. The van der Waals surface area contributed by atoms with Crippen LogP contribution in [0.25, 0.3) is 0 Å². The largest absolute Gasteiger partial charge is 0.456 e. The third kappa shape index (κ3) is 1.63. The fraction of sp³-hybridized carbons (Fsp3) is 0.850. The second-order valence-electron chi connectivity index (χ2n) is 8.93. The lowest BCUT2D eigenvalue weighted by Gasteiger charge is -2.50. The number of hydrogen-bond donors (Lipinski definition) is 1. The Kier molecular flexibility index (Phi) is 3.05. The van der Waals surface area contributed by atoms with E-state index in [0.29, 0.717) is 11.8 Å². The van der Waals surface area contributed by atoms with Gasteiger partial charge in [-0.1, -0.05) is 13.0 Å². The molecule has 5 aliphatic rings. The number of fused-ring (bicyclic) bond motifs is 12. The molecule has 3 heteroatoms. The van der Waals surface area contributed by atoms with Crippen molar-refractivity contribution in [3.63, 3.8) is 0 Å². The Hall–Kier alpha value is -0.830. The van der Waals surface area contributed by atoms with Crippen LogP contribution >= 0.6 is 0 Å². The number of rotatable bonds is 4. The smallest absolute Gasteiger partial charge is 0.330 e. The molecule has 9 atom stereocenters. The van der Waals surface area contributed by atoms with E-state index in [-0.39, 0.29) is 24.1 Å². The van der Waals surface area contributed by atoms with Crippen molar-refractivity contribution in [3.8, 4) is 0 Å². The van der Waals surface area contributed by atoms with Crippen molar-refractivity contribution >= 4 is 5.97 Å². The molecule has 0 amide bonds. The van der Waals surface area contributed by atoms with Crippen molar-refractivity contribution in [2.75, 3.05) is 6.61 Å². The van der Waals surface area contributed by atoms with Gasteiger partial charge in [-0.2, -0.15) is 0 Å². The average Bonchev–Trinajstić information content (AvgIpc) is 3.34. The first-order valence-corrected chi connectivity index (χ1v) is 9.64. The maximum absolute atomic E-state index is 11.9. The van der Waals surface area contributed by atoms with Crippen molar-refractivity contribution in [1.29, 1.82) is 0 Å². The SMILES string of the molecule is C=CC(=O)OC(CO)C12CC(C3CCCC31)C1C3CCC(C3)C12. The zero-order chi connectivity index (χ0) is 15.8. The van der Waals surface area contributed by atoms with Crippen molar-refractivity contribution in [1.82, 2.24) is 0 Å². The summed E-state index contributed by atoms with van der Waals surface area (Å²) in [4.78, 5) is 11.9. The molecule has 126 valence electrons. The molecule has 5 rings (SSSR count). The molecule has 0 heterocycles. The molecule has 5 fully saturated rings. The molecular formula is C20H28O3. The Labute approximate surface area is 138 Å². The van der Waals surface area contributed by atoms with Gasteiger partial charge in [0, 0.05) is 11.5 Å². The fourth-order valence-electron chi connectivity index (χ4n) is 8.52. The second-order valence-corrected chi connectivity index (χ2v) is 8.93. The quantitative estimate of drug-likeness (QED) is 0.492. The molecule has 0 aromatic heterocycles. The van der Waals surface area contributed by atoms with Crippen LogP contribution in [-0.4, -0.2) is 23.8 Å². The predicted octanol–water partition coefficient (Wildman–Crippen LogP) is 3.18. The van der Waals surface area contributed by atoms with E-state index in [1.807, 2.05) is 0 Å². The summed E-state index contributed by atoms with van der Waals surface area (Å²) in [6.07, 6.45) is 10.3. The third-order valence-corrected chi connectivity index (χ3v) is 8.68. The highest BCUT2D eigenvalue weighted by Crippen LogP contribution is 2.78. The van der Waals surface area contributed by atoms with E-state index >= 15 is 0 Å². The molecule has 3 nitrogen and oxygen atoms in total. The van der Waals surface area contributed by atoms with Crippen LogP contribution in [0.3, 0.4) is 0 Å². The summed E-state index contributed by atoms with van der Waals surface area (Å²) >= 11 is 0. The Balaban J connectivity index is 1.57. The van der Waals surface area contributed by atoms with Crippen LogP contribution in [-0.2, 0) is 9.53 Å². The van der Waals surface area contributed by atoms with Gasteiger partial charge in [0.15, 0.2) is 0 Å². The van der Waals surface area contributed by atoms with Crippen LogP contribution in [0.2, 0.25) is 0 Å². The molecule has 4 bridgehead atoms. The zero-order valence-corrected chi connectivity index (χ0v) is 13.8. The van der Waals surface area contributed by atoms with Crippen LogP contribution < -0.4 is 0 Å². The summed E-state index contributed by atoms with van der Waals surface area (Å²) in [5, 5.41) is 10.1. The highest BCUT2D eigenvalue weighted by molar-refractivity contribution is 5.81. The number of carbonyl (C=O) groups is 1. The molecule has 0 aromatic rings. The molecule has 0 radical (unpaired) electrons. The lowest BCUT2D eigenvalue weighted by Crippen LogP contribution is -2.52. The molecule has 23 heavy (non-hydrogen) atoms. The number of carbonyl (C=O) groups excluding carboxylic acids is 1. The molecule has 5 aliphatic carbocycles. The zero-order valence-electron chi connectivity index (χ0n) is 13.8. The number of aliphatic hydroxyl groups is 1. The first kappa shape index (κ1) is 14.5. The van der Waals surface area contributed by atoms with E-state index in [4.69, 9.17) is 4.74 Å². The Bertz CT molecular complexity index is 543. The van der Waals surface area contributed by atoms with Gasteiger partial charge in [-0.3, -0.25) is 0 Å². The van der Waals surface area contributed by atoms with Gasteiger partial charge in [-0.25, -0.2) is 4.79 Å². The van der Waals surface area contributed by atoms with Gasteiger partial charge in [-0.15, -0.1) is 0 Å². The number of ether oxygens (including phenoxy) is 1. The predicted molar refractivity (Wildman–Crippen MR) is 86.3 cm³/mol. The number of aliphatic hydroxyl groups excluding tert-OH is 1. The number of esters is 1. The maximum Gasteiger partial charge on any atom is 0.330 e. The molecule has 0 aromatic carbocycles. The maximum atomic E-state index is 11.9. The summed E-state index contributed by atoms with van der Waals surface area (Å²) in [6, 6.07) is 0. The molecule has 0 spiro atoms. The van der Waals surface area contributed by atoms with E-state index in [9.17, 15) is 9.90 Å². The molecule has 0 aliphatic heterocycles. The van der Waals surface area contributed by atoms with Crippen LogP contribution in [0, 0.1) is 46.8 Å². The van der Waals surface area contributed by atoms with Crippen LogP contribution in [0.15, 0.2) is 12.7 Å². The van der Waals surface area contributed by atoms with Crippen LogP contribution in [0.5, 0.6) is 0 Å². The summed E-state index contributed by atoms with van der Waals surface area (Å²) in [6.45, 7) is 3.53. The minimum absolute atomic E-state index is 0.0177. The lowest BCUT2D eigenvalue weighted by molar-refractivity contribution is -0.166. The van der Waals surface area contributed by atoms with Gasteiger partial charge in [-0.05, 0) is 80.0 Å². The Morgan fingerprint density at radius 2 is 2.09 bits per heavy atom. The summed E-state index contributed by atoms with van der Waals surface area (Å²) in [5.74, 6) is 5.34. The van der Waals surface area contributed by atoms with Gasteiger partial charge in [0.25, 0.3) is 0 Å². The van der Waals surface area contributed by atoms with E-state index in [2.05, 4.69) is 6.58 Å². The molecule has 5 saturated carbocycles. The second kappa shape index (κ2) is 4.84. The number of hydrogen-bond acceptors (Lipinski definition) is 3. The highest BCUT2D eigenvalue weighted by Gasteiger charge is 2.75.